The molecule has 0 saturated heterocycles. The standard InChI is InChI=1S/2Ba.H2O3S.4H/c;;1-4(2)3;;;;/h;;(H2,1,2,3);;;;. The third-order valence-electron chi connectivity index (χ3n) is 0. The Balaban J connectivity index is -0.0000000450. The fraction of sp³-hybridized carbons (Fsp3) is 0. The van der Waals surface area contributed by atoms with Crippen molar-refractivity contribution >= 4 is 109 Å². The van der Waals surface area contributed by atoms with E-state index in [4.69, 9.17) is 13.3 Å². The second-order valence-corrected chi connectivity index (χ2v) is 0.692. The molecule has 0 bridgehead atoms. The van der Waals surface area contributed by atoms with E-state index < -0.39 is 11.4 Å². The van der Waals surface area contributed by atoms with E-state index in [-0.39, 0.29) is 97.8 Å². The zero-order chi connectivity index (χ0) is 3.58. The van der Waals surface area contributed by atoms with Crippen molar-refractivity contribution in [3.8, 4) is 0 Å². The molecular formula is H6Ba2O3S. The van der Waals surface area contributed by atoms with E-state index in [9.17, 15) is 0 Å². The number of rotatable bonds is 0. The molecule has 6 heteroatoms. The van der Waals surface area contributed by atoms with Gasteiger partial charge in [0.05, 0.1) is 0 Å². The first-order valence-corrected chi connectivity index (χ1v) is 1.60. The van der Waals surface area contributed by atoms with Crippen LogP contribution in [0.15, 0.2) is 0 Å². The van der Waals surface area contributed by atoms with Crippen molar-refractivity contribution in [2.24, 2.45) is 0 Å². The van der Waals surface area contributed by atoms with Gasteiger partial charge in [-0.05, 0) is 0 Å². The molecule has 0 rings (SSSR count). The van der Waals surface area contributed by atoms with Crippen LogP contribution in [0.3, 0.4) is 0 Å². The fourth-order valence-corrected chi connectivity index (χ4v) is 0. The zero-order valence-electron chi connectivity index (χ0n) is 1.71. The van der Waals surface area contributed by atoms with Gasteiger partial charge >= 0.3 is 97.8 Å². The van der Waals surface area contributed by atoms with Crippen molar-refractivity contribution in [2.45, 2.75) is 0 Å². The van der Waals surface area contributed by atoms with E-state index >= 15 is 0 Å². The summed E-state index contributed by atoms with van der Waals surface area (Å²) in [6.07, 6.45) is 0. The van der Waals surface area contributed by atoms with E-state index in [1.54, 1.807) is 0 Å². The van der Waals surface area contributed by atoms with Crippen LogP contribution in [0.1, 0.15) is 0 Å². The Bertz CT molecular complexity index is 31.8. The van der Waals surface area contributed by atoms with Crippen LogP contribution in [-0.4, -0.2) is 111 Å². The normalized spacial score (nSPS) is 5.83. The van der Waals surface area contributed by atoms with Gasteiger partial charge in [-0.2, -0.15) is 4.21 Å². The first-order chi connectivity index (χ1) is 1.73. The summed E-state index contributed by atoms with van der Waals surface area (Å²) in [6.45, 7) is 0. The quantitative estimate of drug-likeness (QED) is 0.382. The molecule has 6 heavy (non-hydrogen) atoms. The molecule has 3 nitrogen and oxygen atoms in total. The molecule has 0 saturated carbocycles. The molecule has 0 amide bonds. The maximum atomic E-state index is 8.67. The molecule has 2 N–H and O–H groups in total. The zero-order valence-corrected chi connectivity index (χ0v) is 2.53. The predicted octanol–water partition coefficient (Wildman–Crippen LogP) is -2.15. The van der Waals surface area contributed by atoms with Crippen molar-refractivity contribution in [3.05, 3.63) is 0 Å². The van der Waals surface area contributed by atoms with Gasteiger partial charge in [-0.1, -0.05) is 0 Å². The Kier molecular flexibility index (Phi) is 29.7. The summed E-state index contributed by atoms with van der Waals surface area (Å²) in [5.41, 5.74) is 0. The van der Waals surface area contributed by atoms with Gasteiger partial charge in [-0.25, -0.2) is 0 Å². The predicted molar refractivity (Wildman–Crippen MR) is 30.5 cm³/mol. The van der Waals surface area contributed by atoms with Crippen LogP contribution in [0.4, 0.5) is 0 Å². The van der Waals surface area contributed by atoms with Gasteiger partial charge < -0.3 is 0 Å². The van der Waals surface area contributed by atoms with Crippen LogP contribution in [0.2, 0.25) is 0 Å². The van der Waals surface area contributed by atoms with E-state index in [1.165, 1.54) is 0 Å². The van der Waals surface area contributed by atoms with E-state index in [0.29, 0.717) is 0 Å². The van der Waals surface area contributed by atoms with Crippen LogP contribution >= 0.6 is 0 Å². The van der Waals surface area contributed by atoms with Crippen molar-refractivity contribution < 1.29 is 13.3 Å². The Morgan fingerprint density at radius 2 is 1.17 bits per heavy atom. The molecule has 0 heterocycles. The summed E-state index contributed by atoms with van der Waals surface area (Å²) in [5, 5.41) is 0. The molecule has 0 aromatic carbocycles. The molecule has 0 fully saturated rings. The van der Waals surface area contributed by atoms with E-state index in [2.05, 4.69) is 0 Å². The van der Waals surface area contributed by atoms with Crippen molar-refractivity contribution in [2.75, 3.05) is 0 Å². The van der Waals surface area contributed by atoms with Crippen LogP contribution in [0.25, 0.3) is 0 Å². The average molecular weight is 361 g/mol. The Morgan fingerprint density at radius 1 is 1.17 bits per heavy atom. The molecule has 0 aromatic rings. The third kappa shape index (κ3) is 27.0. The second kappa shape index (κ2) is 11.1. The molecule has 0 aliphatic heterocycles. The Labute approximate surface area is 119 Å². The van der Waals surface area contributed by atoms with Gasteiger partial charge in [-0.3, -0.25) is 9.11 Å². The van der Waals surface area contributed by atoms with Gasteiger partial charge in [0.15, 0.2) is 0 Å². The number of hydrogen-bond acceptors (Lipinski definition) is 1. The van der Waals surface area contributed by atoms with Gasteiger partial charge in [0.2, 0.25) is 0 Å². The van der Waals surface area contributed by atoms with Crippen LogP contribution in [-0.2, 0) is 11.4 Å². The maximum absolute atomic E-state index is 8.67. The van der Waals surface area contributed by atoms with Crippen molar-refractivity contribution in [3.63, 3.8) is 0 Å². The molecule has 0 atom stereocenters. The summed E-state index contributed by atoms with van der Waals surface area (Å²) >= 11 is -2.61. The minimum absolute atomic E-state index is 0. The van der Waals surface area contributed by atoms with Gasteiger partial charge in [0, 0.05) is 0 Å². The van der Waals surface area contributed by atoms with Gasteiger partial charge in [0.1, 0.15) is 0 Å². The topological polar surface area (TPSA) is 57.5 Å². The van der Waals surface area contributed by atoms with Crippen molar-refractivity contribution in [1.82, 2.24) is 0 Å². The Morgan fingerprint density at radius 3 is 1.17 bits per heavy atom. The third-order valence-corrected chi connectivity index (χ3v) is 0. The molecule has 0 aliphatic carbocycles. The average Bonchev–Trinajstić information content (AvgIpc) is 0.811. The van der Waals surface area contributed by atoms with Crippen LogP contribution in [0, 0.1) is 0 Å². The molecule has 0 aliphatic rings. The monoisotopic (exact) mass is 362 g/mol. The summed E-state index contributed by atoms with van der Waals surface area (Å²) in [4.78, 5) is 0. The second-order valence-electron chi connectivity index (χ2n) is 0.231. The van der Waals surface area contributed by atoms with Gasteiger partial charge in [-0.15, -0.1) is 0 Å². The summed E-state index contributed by atoms with van der Waals surface area (Å²) in [6, 6.07) is 0. The first-order valence-electron chi connectivity index (χ1n) is 0.532. The summed E-state index contributed by atoms with van der Waals surface area (Å²) in [7, 11) is 0. The SMILES string of the molecule is O=S(O)O.[BaH2].[BaH2]. The molecule has 34 valence electrons. The summed E-state index contributed by atoms with van der Waals surface area (Å²) < 4.78 is 22.8. The molecule has 0 aromatic heterocycles. The van der Waals surface area contributed by atoms with Gasteiger partial charge in [0.25, 0.3) is 11.4 Å². The van der Waals surface area contributed by atoms with Crippen LogP contribution in [0.5, 0.6) is 0 Å². The minimum atomic E-state index is -2.61. The number of hydrogen-bond donors (Lipinski definition) is 2. The first kappa shape index (κ1) is 16.1. The Hall–Kier alpha value is 3.21. The molecule has 0 spiro atoms. The fourth-order valence-electron chi connectivity index (χ4n) is 0. The van der Waals surface area contributed by atoms with Crippen molar-refractivity contribution in [1.29, 1.82) is 0 Å². The molecule has 0 radical (unpaired) electrons. The molecular weight excluding hydrogens is 355 g/mol. The van der Waals surface area contributed by atoms with Crippen LogP contribution < -0.4 is 0 Å². The molecule has 0 unspecified atom stereocenters. The van der Waals surface area contributed by atoms with E-state index in [0.717, 1.165) is 0 Å². The summed E-state index contributed by atoms with van der Waals surface area (Å²) in [5.74, 6) is 0. The van der Waals surface area contributed by atoms with E-state index in [1.807, 2.05) is 0 Å².